The van der Waals surface area contributed by atoms with Crippen LogP contribution in [0.2, 0.25) is 6.55 Å². The highest BCUT2D eigenvalue weighted by Crippen LogP contribution is 2.24. The number of hydrogen-bond acceptors (Lipinski definition) is 7. The van der Waals surface area contributed by atoms with Gasteiger partial charge in [-0.3, -0.25) is 4.90 Å². The second-order valence-corrected chi connectivity index (χ2v) is 10.9. The molecule has 2 atom stereocenters. The van der Waals surface area contributed by atoms with Crippen LogP contribution in [0.25, 0.3) is 0 Å². The van der Waals surface area contributed by atoms with E-state index in [1.54, 1.807) is 18.7 Å². The van der Waals surface area contributed by atoms with Crippen LogP contribution < -0.4 is 11.5 Å². The summed E-state index contributed by atoms with van der Waals surface area (Å²) in [5, 5.41) is 27.3. The zero-order valence-corrected chi connectivity index (χ0v) is 14.3. The Hall–Kier alpha value is -0.0631. The van der Waals surface area contributed by atoms with Crippen LogP contribution in [-0.2, 0) is 4.43 Å². The molecular formula is C12H31N3O4Si. The lowest BCUT2D eigenvalue weighted by atomic mass is 10.4. The van der Waals surface area contributed by atoms with Gasteiger partial charge in [0.2, 0.25) is 8.32 Å². The Morgan fingerprint density at radius 1 is 1.20 bits per heavy atom. The first-order valence-corrected chi connectivity index (χ1v) is 9.36. The Bertz CT molecular complexity index is 293. The molecule has 0 aliphatic heterocycles. The fourth-order valence-corrected chi connectivity index (χ4v) is 4.88. The van der Waals surface area contributed by atoms with Crippen molar-refractivity contribution >= 4 is 8.32 Å². The zero-order chi connectivity index (χ0) is 16.2. The summed E-state index contributed by atoms with van der Waals surface area (Å²) < 4.78 is 6.03. The molecule has 122 valence electrons. The Morgan fingerprint density at radius 2 is 1.70 bits per heavy atom. The quantitative estimate of drug-likeness (QED) is 0.264. The van der Waals surface area contributed by atoms with E-state index in [1.165, 1.54) is 0 Å². The van der Waals surface area contributed by atoms with Crippen molar-refractivity contribution < 1.29 is 19.7 Å². The fourth-order valence-electron chi connectivity index (χ4n) is 1.90. The summed E-state index contributed by atoms with van der Waals surface area (Å²) in [7, 11) is -2.52. The van der Waals surface area contributed by atoms with Crippen LogP contribution in [-0.4, -0.2) is 71.6 Å². The van der Waals surface area contributed by atoms with E-state index in [0.29, 0.717) is 6.17 Å². The van der Waals surface area contributed by atoms with Gasteiger partial charge in [0, 0.05) is 17.9 Å². The minimum Gasteiger partial charge on any atom is -0.397 e. The highest BCUT2D eigenvalue weighted by Gasteiger charge is 2.46. The van der Waals surface area contributed by atoms with Gasteiger partial charge in [0.1, 0.15) is 0 Å². The number of nitrogens with two attached hydrogens (primary N) is 2. The Balaban J connectivity index is 5.05. The molecule has 7 nitrogen and oxygen atoms in total. The van der Waals surface area contributed by atoms with E-state index in [1.807, 2.05) is 20.4 Å². The summed E-state index contributed by atoms with van der Waals surface area (Å²) in [5.74, 6) is 0. The highest BCUT2D eigenvalue weighted by atomic mass is 28.4. The number of nitrogens with zero attached hydrogens (tertiary/aromatic N) is 1. The van der Waals surface area contributed by atoms with Crippen molar-refractivity contribution in [2.75, 3.05) is 26.1 Å². The smallest absolute Gasteiger partial charge is 0.224 e. The van der Waals surface area contributed by atoms with Crippen LogP contribution in [0.1, 0.15) is 27.7 Å². The lowest BCUT2D eigenvalue weighted by Crippen LogP contribution is -2.69. The maximum absolute atomic E-state index is 9.51. The van der Waals surface area contributed by atoms with Crippen LogP contribution in [0.3, 0.4) is 0 Å². The largest absolute Gasteiger partial charge is 0.397 e. The van der Waals surface area contributed by atoms with Gasteiger partial charge < -0.3 is 31.2 Å². The first-order chi connectivity index (χ1) is 8.84. The molecule has 0 aliphatic carbocycles. The summed E-state index contributed by atoms with van der Waals surface area (Å²) >= 11 is 0. The van der Waals surface area contributed by atoms with Gasteiger partial charge in [0.15, 0.2) is 0 Å². The van der Waals surface area contributed by atoms with Gasteiger partial charge in [-0.15, -0.1) is 0 Å². The van der Waals surface area contributed by atoms with Crippen LogP contribution in [0.5, 0.6) is 0 Å². The molecule has 2 unspecified atom stereocenters. The van der Waals surface area contributed by atoms with Gasteiger partial charge in [-0.2, -0.15) is 0 Å². The molecule has 0 spiro atoms. The van der Waals surface area contributed by atoms with Crippen molar-refractivity contribution in [2.45, 2.75) is 51.2 Å². The van der Waals surface area contributed by atoms with Gasteiger partial charge in [0.05, 0.1) is 25.2 Å². The van der Waals surface area contributed by atoms with E-state index in [9.17, 15) is 10.2 Å². The number of hydrogen-bond donors (Lipinski definition) is 5. The summed E-state index contributed by atoms with van der Waals surface area (Å²) in [4.78, 5) is 1.62. The standard InChI is InChI=1S/C12H31N3O4Si/c1-11(2,13)19-20(5,12(3,4)14)9-15(8-17)6-10(18)7-16/h10,16-18H,6-9,13-14H2,1-5H3. The van der Waals surface area contributed by atoms with Crippen molar-refractivity contribution in [2.24, 2.45) is 11.5 Å². The fraction of sp³-hybridized carbons (Fsp3) is 1.00. The van der Waals surface area contributed by atoms with Crippen molar-refractivity contribution in [3.63, 3.8) is 0 Å². The molecule has 0 aromatic carbocycles. The predicted octanol–water partition coefficient (Wildman–Crippen LogP) is -1.31. The summed E-state index contributed by atoms with van der Waals surface area (Å²) in [5.41, 5.74) is 11.4. The molecule has 0 aromatic rings. The van der Waals surface area contributed by atoms with Gasteiger partial charge in [0.25, 0.3) is 0 Å². The molecule has 0 aliphatic rings. The third-order valence-corrected chi connectivity index (χ3v) is 8.01. The average Bonchev–Trinajstić information content (AvgIpc) is 2.23. The first-order valence-electron chi connectivity index (χ1n) is 6.74. The molecule has 0 saturated heterocycles. The maximum Gasteiger partial charge on any atom is 0.224 e. The van der Waals surface area contributed by atoms with Crippen molar-refractivity contribution in [1.29, 1.82) is 0 Å². The summed E-state index contributed by atoms with van der Waals surface area (Å²) in [6, 6.07) is 0. The lowest BCUT2D eigenvalue weighted by Gasteiger charge is -2.45. The molecule has 0 rings (SSSR count). The Morgan fingerprint density at radius 3 is 2.00 bits per heavy atom. The molecule has 0 radical (unpaired) electrons. The first kappa shape index (κ1) is 19.9. The molecule has 8 heteroatoms. The molecule has 0 bridgehead atoms. The molecule has 0 heterocycles. The monoisotopic (exact) mass is 309 g/mol. The normalized spacial score (nSPS) is 18.1. The second kappa shape index (κ2) is 7.28. The molecule has 20 heavy (non-hydrogen) atoms. The Labute approximate surface area is 122 Å². The second-order valence-electron chi connectivity index (χ2n) is 6.65. The van der Waals surface area contributed by atoms with E-state index in [-0.39, 0.29) is 19.9 Å². The van der Waals surface area contributed by atoms with Crippen molar-refractivity contribution in [1.82, 2.24) is 4.90 Å². The third-order valence-electron chi connectivity index (χ3n) is 3.26. The molecule has 0 saturated carbocycles. The van der Waals surface area contributed by atoms with E-state index in [0.717, 1.165) is 0 Å². The van der Waals surface area contributed by atoms with Crippen LogP contribution >= 0.6 is 0 Å². The molecule has 7 N–H and O–H groups in total. The Kier molecular flexibility index (Phi) is 7.25. The van der Waals surface area contributed by atoms with E-state index < -0.39 is 25.3 Å². The van der Waals surface area contributed by atoms with E-state index in [4.69, 9.17) is 21.0 Å². The van der Waals surface area contributed by atoms with Gasteiger partial charge >= 0.3 is 0 Å². The third kappa shape index (κ3) is 6.59. The van der Waals surface area contributed by atoms with Gasteiger partial charge in [-0.05, 0) is 34.2 Å². The topological polar surface area (TPSA) is 125 Å². The average molecular weight is 309 g/mol. The summed E-state index contributed by atoms with van der Waals surface area (Å²) in [6.45, 7) is 8.78. The van der Waals surface area contributed by atoms with Gasteiger partial charge in [-0.1, -0.05) is 0 Å². The molecule has 0 fully saturated rings. The number of rotatable bonds is 9. The number of aliphatic hydroxyl groups is 3. The van der Waals surface area contributed by atoms with E-state index >= 15 is 0 Å². The van der Waals surface area contributed by atoms with Crippen LogP contribution in [0.4, 0.5) is 0 Å². The number of aliphatic hydroxyl groups excluding tert-OH is 3. The van der Waals surface area contributed by atoms with E-state index in [2.05, 4.69) is 0 Å². The lowest BCUT2D eigenvalue weighted by molar-refractivity contribution is 0.0246. The maximum atomic E-state index is 9.51. The van der Waals surface area contributed by atoms with Crippen molar-refractivity contribution in [3.05, 3.63) is 0 Å². The van der Waals surface area contributed by atoms with Crippen LogP contribution in [0, 0.1) is 0 Å². The highest BCUT2D eigenvalue weighted by molar-refractivity contribution is 6.75. The van der Waals surface area contributed by atoms with Gasteiger partial charge in [-0.25, -0.2) is 0 Å². The minimum atomic E-state index is -2.52. The van der Waals surface area contributed by atoms with Crippen molar-refractivity contribution in [3.8, 4) is 0 Å². The van der Waals surface area contributed by atoms with Crippen LogP contribution in [0.15, 0.2) is 0 Å². The minimum absolute atomic E-state index is 0.153. The summed E-state index contributed by atoms with van der Waals surface area (Å²) in [6.07, 6.45) is -0.503. The zero-order valence-electron chi connectivity index (χ0n) is 13.3. The molecule has 0 amide bonds. The molecule has 0 aromatic heterocycles. The SMILES string of the molecule is CC(C)(N)O[Si](C)(CN(CO)CC(O)CO)C(C)(C)N. The molecular weight excluding hydrogens is 278 g/mol. The predicted molar refractivity (Wildman–Crippen MR) is 81.0 cm³/mol.